The number of hydrogen-bond donors (Lipinski definition) is 2. The van der Waals surface area contributed by atoms with Gasteiger partial charge in [-0.1, -0.05) is 49.6 Å². The quantitative estimate of drug-likeness (QED) is 0.561. The lowest BCUT2D eigenvalue weighted by Crippen LogP contribution is -2.55. The van der Waals surface area contributed by atoms with Crippen LogP contribution in [0.4, 0.5) is 0 Å². The van der Waals surface area contributed by atoms with Crippen LogP contribution in [0.3, 0.4) is 0 Å². The largest absolute Gasteiger partial charge is 0.343 e. The fraction of sp³-hybridized carbons (Fsp3) is 0.500. The Bertz CT molecular complexity index is 1160. The van der Waals surface area contributed by atoms with Crippen LogP contribution in [0.1, 0.15) is 63.5 Å². The summed E-state index contributed by atoms with van der Waals surface area (Å²) in [4.78, 5) is 29.1. The van der Waals surface area contributed by atoms with Crippen LogP contribution in [0.15, 0.2) is 64.4 Å². The zero-order chi connectivity index (χ0) is 25.7. The van der Waals surface area contributed by atoms with Gasteiger partial charge in [-0.05, 0) is 75.4 Å². The second-order valence-corrected chi connectivity index (χ2v) is 11.9. The van der Waals surface area contributed by atoms with Crippen LogP contribution in [0.2, 0.25) is 0 Å². The molecule has 1 saturated carbocycles. The van der Waals surface area contributed by atoms with Gasteiger partial charge in [0.25, 0.3) is 0 Å². The summed E-state index contributed by atoms with van der Waals surface area (Å²) in [6.07, 6.45) is 6.74. The molecule has 1 saturated heterocycles. The molecule has 2 N–H and O–H groups in total. The minimum Gasteiger partial charge on any atom is -0.343 e. The van der Waals surface area contributed by atoms with Crippen LogP contribution in [0.5, 0.6) is 0 Å². The van der Waals surface area contributed by atoms with E-state index < -0.39 is 21.9 Å². The molecule has 0 unspecified atom stereocenters. The molecule has 2 aromatic rings. The fourth-order valence-corrected chi connectivity index (χ4v) is 6.78. The lowest BCUT2D eigenvalue weighted by Gasteiger charge is -2.35. The molecule has 2 amide bonds. The second-order valence-electron chi connectivity index (χ2n) is 9.97. The van der Waals surface area contributed by atoms with Gasteiger partial charge >= 0.3 is 0 Å². The maximum Gasteiger partial charge on any atom is 0.245 e. The maximum absolute atomic E-state index is 14.0. The Morgan fingerprint density at radius 1 is 0.917 bits per heavy atom. The van der Waals surface area contributed by atoms with Crippen molar-refractivity contribution in [2.45, 2.75) is 79.8 Å². The number of likely N-dealkylation sites (N-methyl/N-ethyl adjacent to an activating group) is 1. The number of likely N-dealkylation sites (tertiary alicyclic amines) is 1. The molecule has 0 bridgehead atoms. The van der Waals surface area contributed by atoms with Gasteiger partial charge in [0.15, 0.2) is 0 Å². The Labute approximate surface area is 214 Å². The molecule has 2 aromatic carbocycles. The van der Waals surface area contributed by atoms with Crippen molar-refractivity contribution in [2.75, 3.05) is 13.6 Å². The van der Waals surface area contributed by atoms with Crippen LogP contribution >= 0.6 is 0 Å². The summed E-state index contributed by atoms with van der Waals surface area (Å²) >= 11 is 0. The summed E-state index contributed by atoms with van der Waals surface area (Å²) in [6, 6.07) is 14.2. The number of carbonyl (C=O) groups is 2. The molecule has 1 aliphatic heterocycles. The Kier molecular flexibility index (Phi) is 8.46. The standard InChI is InChI=1S/C28H37N3O4S/c1-20(29-2)27(32)30-26(21-11-5-3-6-12-21)28(33)31-18-10-17-25(31)22-13-9-16-24(19-22)36(34,35)23-14-7-4-8-15-23/h4,7-9,13-16,19-21,25-26,29H,3,5-6,10-12,17-18H2,1-2H3,(H,30,32)/t20-,25-,26-/m0/s1. The van der Waals surface area contributed by atoms with Crippen molar-refractivity contribution in [3.8, 4) is 0 Å². The smallest absolute Gasteiger partial charge is 0.245 e. The van der Waals surface area contributed by atoms with Gasteiger partial charge in [-0.3, -0.25) is 9.59 Å². The van der Waals surface area contributed by atoms with Crippen molar-refractivity contribution in [3.05, 3.63) is 60.2 Å². The van der Waals surface area contributed by atoms with E-state index in [0.29, 0.717) is 6.54 Å². The predicted molar refractivity (Wildman–Crippen MR) is 139 cm³/mol. The van der Waals surface area contributed by atoms with E-state index in [0.717, 1.165) is 50.5 Å². The molecular weight excluding hydrogens is 474 g/mol. The van der Waals surface area contributed by atoms with E-state index in [1.807, 2.05) is 11.0 Å². The highest BCUT2D eigenvalue weighted by Crippen LogP contribution is 2.36. The number of amides is 2. The van der Waals surface area contributed by atoms with Crippen molar-refractivity contribution in [1.82, 2.24) is 15.5 Å². The van der Waals surface area contributed by atoms with Crippen molar-refractivity contribution in [1.29, 1.82) is 0 Å². The predicted octanol–water partition coefficient (Wildman–Crippen LogP) is 3.86. The molecular formula is C28H37N3O4S. The monoisotopic (exact) mass is 511 g/mol. The van der Waals surface area contributed by atoms with E-state index in [-0.39, 0.29) is 33.6 Å². The molecule has 0 aromatic heterocycles. The first-order chi connectivity index (χ1) is 17.3. The number of rotatable bonds is 8. The van der Waals surface area contributed by atoms with Crippen LogP contribution in [-0.2, 0) is 19.4 Å². The van der Waals surface area contributed by atoms with E-state index in [1.54, 1.807) is 62.5 Å². The lowest BCUT2D eigenvalue weighted by atomic mass is 9.83. The van der Waals surface area contributed by atoms with Crippen LogP contribution < -0.4 is 10.6 Å². The molecule has 1 heterocycles. The SMILES string of the molecule is CN[C@@H](C)C(=O)N[C@H](C(=O)N1CCC[C@H]1c1cccc(S(=O)(=O)c2ccccc2)c1)C1CCCCC1. The third-order valence-corrected chi connectivity index (χ3v) is 9.42. The number of nitrogens with one attached hydrogen (secondary N) is 2. The fourth-order valence-electron chi connectivity index (χ4n) is 5.44. The zero-order valence-corrected chi connectivity index (χ0v) is 22.0. The van der Waals surface area contributed by atoms with Gasteiger partial charge in [-0.15, -0.1) is 0 Å². The summed E-state index contributed by atoms with van der Waals surface area (Å²) < 4.78 is 26.4. The Balaban J connectivity index is 1.60. The third-order valence-electron chi connectivity index (χ3n) is 7.65. The highest BCUT2D eigenvalue weighted by molar-refractivity contribution is 7.91. The third kappa shape index (κ3) is 5.65. The van der Waals surface area contributed by atoms with Crippen LogP contribution in [-0.4, -0.2) is 50.8 Å². The number of carbonyl (C=O) groups excluding carboxylic acids is 2. The minimum absolute atomic E-state index is 0.0580. The average Bonchev–Trinajstić information content (AvgIpc) is 3.42. The Morgan fingerprint density at radius 3 is 2.31 bits per heavy atom. The summed E-state index contributed by atoms with van der Waals surface area (Å²) in [5.41, 5.74) is 0.815. The summed E-state index contributed by atoms with van der Waals surface area (Å²) in [5.74, 6) is -0.115. The first kappa shape index (κ1) is 26.4. The molecule has 2 aliphatic rings. The normalized spacial score (nSPS) is 20.6. The van der Waals surface area contributed by atoms with Crippen molar-refractivity contribution in [3.63, 3.8) is 0 Å². The van der Waals surface area contributed by atoms with E-state index in [1.165, 1.54) is 0 Å². The highest BCUT2D eigenvalue weighted by Gasteiger charge is 2.39. The molecule has 1 aliphatic carbocycles. The maximum atomic E-state index is 14.0. The molecule has 3 atom stereocenters. The first-order valence-electron chi connectivity index (χ1n) is 13.0. The van der Waals surface area contributed by atoms with E-state index in [4.69, 9.17) is 0 Å². The van der Waals surface area contributed by atoms with Crippen molar-refractivity contribution < 1.29 is 18.0 Å². The molecule has 7 nitrogen and oxygen atoms in total. The number of benzene rings is 2. The van der Waals surface area contributed by atoms with E-state index in [2.05, 4.69) is 10.6 Å². The molecule has 0 radical (unpaired) electrons. The van der Waals surface area contributed by atoms with Crippen molar-refractivity contribution in [2.24, 2.45) is 5.92 Å². The topological polar surface area (TPSA) is 95.6 Å². The highest BCUT2D eigenvalue weighted by atomic mass is 32.2. The number of hydrogen-bond acceptors (Lipinski definition) is 5. The number of sulfone groups is 1. The van der Waals surface area contributed by atoms with Gasteiger partial charge in [-0.25, -0.2) is 8.42 Å². The average molecular weight is 512 g/mol. The number of nitrogens with zero attached hydrogens (tertiary/aromatic N) is 1. The first-order valence-corrected chi connectivity index (χ1v) is 14.5. The van der Waals surface area contributed by atoms with Gasteiger partial charge < -0.3 is 15.5 Å². The van der Waals surface area contributed by atoms with Crippen LogP contribution in [0.25, 0.3) is 0 Å². The van der Waals surface area contributed by atoms with Crippen LogP contribution in [0, 0.1) is 5.92 Å². The minimum atomic E-state index is -3.66. The Hall–Kier alpha value is -2.71. The van der Waals surface area contributed by atoms with E-state index in [9.17, 15) is 18.0 Å². The van der Waals surface area contributed by atoms with Gasteiger partial charge in [0, 0.05) is 6.54 Å². The molecule has 194 valence electrons. The van der Waals surface area contributed by atoms with Gasteiger partial charge in [0.2, 0.25) is 21.7 Å². The van der Waals surface area contributed by atoms with Gasteiger partial charge in [0.05, 0.1) is 21.9 Å². The summed E-state index contributed by atoms with van der Waals surface area (Å²) in [7, 11) is -1.93. The summed E-state index contributed by atoms with van der Waals surface area (Å²) in [5, 5.41) is 6.01. The van der Waals surface area contributed by atoms with E-state index >= 15 is 0 Å². The second kappa shape index (κ2) is 11.6. The molecule has 2 fully saturated rings. The lowest BCUT2D eigenvalue weighted by molar-refractivity contribution is -0.139. The zero-order valence-electron chi connectivity index (χ0n) is 21.2. The van der Waals surface area contributed by atoms with Gasteiger partial charge in [0.1, 0.15) is 6.04 Å². The molecule has 36 heavy (non-hydrogen) atoms. The molecule has 0 spiro atoms. The van der Waals surface area contributed by atoms with Gasteiger partial charge in [-0.2, -0.15) is 0 Å². The molecule has 8 heteroatoms. The van der Waals surface area contributed by atoms with Crippen molar-refractivity contribution >= 4 is 21.7 Å². The molecule has 4 rings (SSSR count). The summed E-state index contributed by atoms with van der Waals surface area (Å²) in [6.45, 7) is 2.38. The Morgan fingerprint density at radius 2 is 1.61 bits per heavy atom.